The average molecular weight is 493 g/mol. The molecular weight excluding hydrogens is 468 g/mol. The number of thiazole rings is 1. The lowest BCUT2D eigenvalue weighted by atomic mass is 9.95. The van der Waals surface area contributed by atoms with Crippen LogP contribution in [0.15, 0.2) is 60.2 Å². The number of rotatable bonds is 7. The number of carbonyl (C=O) groups is 3. The van der Waals surface area contributed by atoms with E-state index in [0.29, 0.717) is 29.2 Å². The molecule has 1 saturated heterocycles. The second-order valence-electron chi connectivity index (χ2n) is 7.67. The van der Waals surface area contributed by atoms with Gasteiger partial charge in [-0.05, 0) is 50.6 Å². The Balaban J connectivity index is 1.85. The highest BCUT2D eigenvalue weighted by Gasteiger charge is 2.48. The molecule has 1 aromatic heterocycles. The van der Waals surface area contributed by atoms with Crippen molar-refractivity contribution in [2.45, 2.75) is 26.8 Å². The Morgan fingerprint density at radius 1 is 1.06 bits per heavy atom. The quantitative estimate of drug-likeness (QED) is 0.221. The number of benzene rings is 2. The first kappa shape index (κ1) is 24.2. The first-order valence-corrected chi connectivity index (χ1v) is 11.9. The number of nitrogens with zero attached hydrogens (tertiary/aromatic N) is 2. The minimum atomic E-state index is -0.927. The fourth-order valence-corrected chi connectivity index (χ4v) is 4.87. The number of esters is 1. The van der Waals surface area contributed by atoms with Crippen LogP contribution in [0.2, 0.25) is 0 Å². The zero-order valence-corrected chi connectivity index (χ0v) is 20.3. The van der Waals surface area contributed by atoms with E-state index in [1.807, 2.05) is 13.0 Å². The molecule has 0 aliphatic carbocycles. The smallest absolute Gasteiger partial charge is 0.350 e. The molecule has 35 heavy (non-hydrogen) atoms. The summed E-state index contributed by atoms with van der Waals surface area (Å²) in [5.74, 6) is -1.90. The Hall–Kier alpha value is -3.98. The van der Waals surface area contributed by atoms with Gasteiger partial charge in [-0.2, -0.15) is 0 Å². The number of aryl methyl sites for hydroxylation is 1. The number of ether oxygens (including phenoxy) is 2. The highest BCUT2D eigenvalue weighted by atomic mass is 32.1. The number of ketones is 1. The number of aromatic nitrogens is 1. The Bertz CT molecular complexity index is 1300. The molecule has 0 radical (unpaired) electrons. The number of aliphatic hydroxyl groups is 1. The minimum absolute atomic E-state index is 0.0594. The van der Waals surface area contributed by atoms with Crippen LogP contribution in [0.5, 0.6) is 5.75 Å². The molecule has 0 saturated carbocycles. The van der Waals surface area contributed by atoms with Gasteiger partial charge in [0.15, 0.2) is 5.13 Å². The molecule has 0 bridgehead atoms. The number of anilines is 1. The summed E-state index contributed by atoms with van der Waals surface area (Å²) in [6.45, 7) is 5.89. The molecule has 1 aliphatic heterocycles. The first-order valence-electron chi connectivity index (χ1n) is 11.1. The van der Waals surface area contributed by atoms with Gasteiger partial charge in [0.25, 0.3) is 5.78 Å². The van der Waals surface area contributed by atoms with Crippen molar-refractivity contribution in [3.05, 3.63) is 81.9 Å². The van der Waals surface area contributed by atoms with Gasteiger partial charge < -0.3 is 14.6 Å². The lowest BCUT2D eigenvalue weighted by molar-refractivity contribution is -0.132. The predicted octanol–water partition coefficient (Wildman–Crippen LogP) is 4.65. The zero-order chi connectivity index (χ0) is 25.1. The van der Waals surface area contributed by atoms with Gasteiger partial charge in [0.2, 0.25) is 0 Å². The predicted molar refractivity (Wildman–Crippen MR) is 132 cm³/mol. The lowest BCUT2D eigenvalue weighted by Crippen LogP contribution is -2.29. The van der Waals surface area contributed by atoms with E-state index in [9.17, 15) is 19.5 Å². The maximum absolute atomic E-state index is 13.3. The second kappa shape index (κ2) is 10.1. The van der Waals surface area contributed by atoms with E-state index in [1.165, 1.54) is 4.90 Å². The van der Waals surface area contributed by atoms with Crippen LogP contribution < -0.4 is 9.64 Å². The molecule has 2 aromatic carbocycles. The summed E-state index contributed by atoms with van der Waals surface area (Å²) in [6.07, 6.45) is 0. The summed E-state index contributed by atoms with van der Waals surface area (Å²) in [6, 6.07) is 14.6. The van der Waals surface area contributed by atoms with Gasteiger partial charge in [-0.1, -0.05) is 41.7 Å². The van der Waals surface area contributed by atoms with E-state index in [1.54, 1.807) is 62.4 Å². The van der Waals surface area contributed by atoms with Crippen LogP contribution in [0.4, 0.5) is 5.13 Å². The molecular formula is C26H24N2O6S. The third-order valence-electron chi connectivity index (χ3n) is 5.45. The highest BCUT2D eigenvalue weighted by Crippen LogP contribution is 2.44. The van der Waals surface area contributed by atoms with Crippen molar-refractivity contribution in [2.24, 2.45) is 0 Å². The van der Waals surface area contributed by atoms with Crippen LogP contribution in [-0.4, -0.2) is 41.0 Å². The van der Waals surface area contributed by atoms with Crippen molar-refractivity contribution in [2.75, 3.05) is 18.1 Å². The summed E-state index contributed by atoms with van der Waals surface area (Å²) < 4.78 is 10.5. The Morgan fingerprint density at radius 2 is 1.74 bits per heavy atom. The third-order valence-corrected chi connectivity index (χ3v) is 6.59. The normalized spacial score (nSPS) is 17.0. The number of hydrogen-bond acceptors (Lipinski definition) is 8. The second-order valence-corrected chi connectivity index (χ2v) is 8.65. The van der Waals surface area contributed by atoms with E-state index < -0.39 is 23.7 Å². The maximum Gasteiger partial charge on any atom is 0.350 e. The van der Waals surface area contributed by atoms with Gasteiger partial charge >= 0.3 is 11.9 Å². The van der Waals surface area contributed by atoms with Gasteiger partial charge in [0.05, 0.1) is 30.5 Å². The Morgan fingerprint density at radius 3 is 2.37 bits per heavy atom. The fourth-order valence-electron chi connectivity index (χ4n) is 3.88. The molecule has 1 unspecified atom stereocenters. The SMILES string of the molecule is CCOC(=O)c1sc(N2C(=O)C(=O)/C(=C(/O)c3ccc(OCC)cc3)C2c2ccccc2)nc1C. The number of Topliss-reactive ketones (excluding diaryl/α,β-unsaturated/α-hetero) is 1. The summed E-state index contributed by atoms with van der Waals surface area (Å²) in [7, 11) is 0. The molecule has 180 valence electrons. The Kier molecular flexibility index (Phi) is 6.97. The van der Waals surface area contributed by atoms with E-state index in [0.717, 1.165) is 11.3 Å². The third kappa shape index (κ3) is 4.54. The number of aliphatic hydroxyl groups excluding tert-OH is 1. The van der Waals surface area contributed by atoms with E-state index in [-0.39, 0.29) is 27.9 Å². The summed E-state index contributed by atoms with van der Waals surface area (Å²) in [5.41, 5.74) is 1.32. The number of hydrogen-bond donors (Lipinski definition) is 1. The summed E-state index contributed by atoms with van der Waals surface area (Å²) in [4.78, 5) is 44.7. The van der Waals surface area contributed by atoms with Crippen LogP contribution >= 0.6 is 11.3 Å². The summed E-state index contributed by atoms with van der Waals surface area (Å²) >= 11 is 0.972. The number of amides is 1. The molecule has 4 rings (SSSR count). The highest BCUT2D eigenvalue weighted by molar-refractivity contribution is 7.17. The van der Waals surface area contributed by atoms with Crippen molar-refractivity contribution in [3.8, 4) is 5.75 Å². The molecule has 1 N–H and O–H groups in total. The van der Waals surface area contributed by atoms with E-state index >= 15 is 0 Å². The molecule has 1 atom stereocenters. The van der Waals surface area contributed by atoms with Gasteiger partial charge in [-0.25, -0.2) is 9.78 Å². The molecule has 1 aliphatic rings. The largest absolute Gasteiger partial charge is 0.507 e. The molecule has 0 spiro atoms. The van der Waals surface area contributed by atoms with Crippen molar-refractivity contribution in [1.29, 1.82) is 0 Å². The van der Waals surface area contributed by atoms with Crippen molar-refractivity contribution in [3.63, 3.8) is 0 Å². The van der Waals surface area contributed by atoms with Crippen LogP contribution in [0.25, 0.3) is 5.76 Å². The molecule has 1 fully saturated rings. The van der Waals surface area contributed by atoms with Crippen LogP contribution in [0.1, 0.15) is 46.4 Å². The standard InChI is InChI=1S/C26H24N2O6S/c1-4-33-18-13-11-17(12-14-18)21(29)19-20(16-9-7-6-8-10-16)28(24(31)22(19)30)26-27-15(3)23(35-26)25(32)34-5-2/h6-14,20,29H,4-5H2,1-3H3/b21-19+. The van der Waals surface area contributed by atoms with Crippen molar-refractivity contribution in [1.82, 2.24) is 4.98 Å². The first-order chi connectivity index (χ1) is 16.9. The van der Waals surface area contributed by atoms with Crippen LogP contribution in [0, 0.1) is 6.92 Å². The van der Waals surface area contributed by atoms with Gasteiger partial charge in [-0.15, -0.1) is 0 Å². The molecule has 3 aromatic rings. The van der Waals surface area contributed by atoms with E-state index in [2.05, 4.69) is 4.98 Å². The molecule has 9 heteroatoms. The number of carbonyl (C=O) groups excluding carboxylic acids is 3. The molecule has 8 nitrogen and oxygen atoms in total. The van der Waals surface area contributed by atoms with Gasteiger partial charge in [-0.3, -0.25) is 14.5 Å². The van der Waals surface area contributed by atoms with Crippen molar-refractivity contribution >= 4 is 39.9 Å². The minimum Gasteiger partial charge on any atom is -0.507 e. The van der Waals surface area contributed by atoms with Crippen LogP contribution in [-0.2, 0) is 14.3 Å². The maximum atomic E-state index is 13.3. The van der Waals surface area contributed by atoms with Gasteiger partial charge in [0, 0.05) is 5.56 Å². The summed E-state index contributed by atoms with van der Waals surface area (Å²) in [5, 5.41) is 11.4. The van der Waals surface area contributed by atoms with E-state index in [4.69, 9.17) is 9.47 Å². The Labute approximate surface area is 206 Å². The molecule has 2 heterocycles. The average Bonchev–Trinajstić information content (AvgIpc) is 3.37. The van der Waals surface area contributed by atoms with Crippen LogP contribution in [0.3, 0.4) is 0 Å². The fraction of sp³-hybridized carbons (Fsp3) is 0.231. The lowest BCUT2D eigenvalue weighted by Gasteiger charge is -2.23. The zero-order valence-electron chi connectivity index (χ0n) is 19.5. The van der Waals surface area contributed by atoms with Gasteiger partial charge in [0.1, 0.15) is 16.4 Å². The topological polar surface area (TPSA) is 106 Å². The monoisotopic (exact) mass is 492 g/mol. The molecule has 1 amide bonds. The van der Waals surface area contributed by atoms with Crippen molar-refractivity contribution < 1.29 is 29.0 Å².